The van der Waals surface area contributed by atoms with Crippen molar-refractivity contribution in [3.05, 3.63) is 65.5 Å². The Kier molecular flexibility index (Phi) is 6.56. The molecule has 0 spiro atoms. The minimum Gasteiger partial charge on any atom is -0.207 e. The zero-order chi connectivity index (χ0) is 19.4. The normalized spacial score (nSPS) is 20.9. The van der Waals surface area contributed by atoms with Crippen LogP contribution in [0.4, 0.5) is 4.39 Å². The quantitative estimate of drug-likeness (QED) is 0.451. The largest absolute Gasteiger partial charge is 0.243 e. The highest BCUT2D eigenvalue weighted by Gasteiger charge is 2.42. The third-order valence-corrected chi connectivity index (χ3v) is 7.46. The van der Waals surface area contributed by atoms with Crippen LogP contribution >= 0.6 is 11.6 Å². The van der Waals surface area contributed by atoms with E-state index >= 15 is 0 Å². The molecule has 1 saturated heterocycles. The summed E-state index contributed by atoms with van der Waals surface area (Å²) in [5.41, 5.74) is 1.86. The Bertz CT molecular complexity index is 853. The number of hydrogen-bond donors (Lipinski definition) is 0. The van der Waals surface area contributed by atoms with Crippen molar-refractivity contribution in [2.45, 2.75) is 56.0 Å². The maximum absolute atomic E-state index is 13.5. The number of hydrogen-bond acceptors (Lipinski definition) is 2. The Balaban J connectivity index is 1.96. The molecule has 6 heteroatoms. The fourth-order valence-corrected chi connectivity index (χ4v) is 5.88. The minimum absolute atomic E-state index is 0.0606. The fourth-order valence-electron chi connectivity index (χ4n) is 3.80. The Morgan fingerprint density at radius 2 is 1.70 bits per heavy atom. The van der Waals surface area contributed by atoms with E-state index in [0.717, 1.165) is 43.2 Å². The van der Waals surface area contributed by atoms with Crippen LogP contribution < -0.4 is 0 Å². The molecular weight excluding hydrogens is 385 g/mol. The van der Waals surface area contributed by atoms with E-state index in [0.29, 0.717) is 10.8 Å². The van der Waals surface area contributed by atoms with Crippen LogP contribution in [-0.2, 0) is 10.0 Å². The lowest BCUT2D eigenvalue weighted by molar-refractivity contribution is 0.309. The number of rotatable bonds is 7. The first-order valence-electron chi connectivity index (χ1n) is 9.35. The summed E-state index contributed by atoms with van der Waals surface area (Å²) in [6.07, 6.45) is 4.09. The molecule has 0 bridgehead atoms. The number of aryl methyl sites for hydroxylation is 1. The summed E-state index contributed by atoms with van der Waals surface area (Å²) in [4.78, 5) is 0.310. The summed E-state index contributed by atoms with van der Waals surface area (Å²) in [6, 6.07) is 12.8. The molecule has 0 N–H and O–H groups in total. The van der Waals surface area contributed by atoms with Crippen LogP contribution in [0.5, 0.6) is 0 Å². The maximum atomic E-state index is 13.5. The lowest BCUT2D eigenvalue weighted by Gasteiger charge is -2.30. The van der Waals surface area contributed by atoms with E-state index in [1.54, 1.807) is 28.6 Å². The summed E-state index contributed by atoms with van der Waals surface area (Å²) in [7, 11) is -3.64. The van der Waals surface area contributed by atoms with Crippen molar-refractivity contribution >= 4 is 21.6 Å². The summed E-state index contributed by atoms with van der Waals surface area (Å²) < 4.78 is 41.9. The summed E-state index contributed by atoms with van der Waals surface area (Å²) >= 11 is 5.80. The molecule has 146 valence electrons. The SMILES string of the molecule is Cc1ccc(S(=O)(=O)N2C(CCCCCl)CCC2c2ccc(F)cc2)cc1. The molecule has 1 aliphatic rings. The Labute approximate surface area is 166 Å². The first kappa shape index (κ1) is 20.3. The van der Waals surface area contributed by atoms with Crippen LogP contribution in [-0.4, -0.2) is 24.6 Å². The first-order valence-corrected chi connectivity index (χ1v) is 11.3. The van der Waals surface area contributed by atoms with Crippen molar-refractivity contribution in [3.8, 4) is 0 Å². The number of unbranched alkanes of at least 4 members (excludes halogenated alkanes) is 1. The molecule has 0 aromatic heterocycles. The van der Waals surface area contributed by atoms with Gasteiger partial charge in [-0.05, 0) is 62.4 Å². The molecule has 2 atom stereocenters. The van der Waals surface area contributed by atoms with Gasteiger partial charge in [0.15, 0.2) is 0 Å². The fraction of sp³-hybridized carbons (Fsp3) is 0.429. The highest BCUT2D eigenvalue weighted by atomic mass is 35.5. The Hall–Kier alpha value is -1.43. The van der Waals surface area contributed by atoms with Gasteiger partial charge in [-0.3, -0.25) is 0 Å². The van der Waals surface area contributed by atoms with E-state index in [9.17, 15) is 12.8 Å². The van der Waals surface area contributed by atoms with Gasteiger partial charge in [-0.15, -0.1) is 11.6 Å². The molecule has 2 unspecified atom stereocenters. The summed E-state index contributed by atoms with van der Waals surface area (Å²) in [6.45, 7) is 1.93. The van der Waals surface area contributed by atoms with Gasteiger partial charge in [0.2, 0.25) is 10.0 Å². The molecule has 0 amide bonds. The maximum Gasteiger partial charge on any atom is 0.243 e. The molecule has 1 fully saturated rings. The van der Waals surface area contributed by atoms with Crippen LogP contribution in [0.1, 0.15) is 49.3 Å². The second kappa shape index (κ2) is 8.72. The van der Waals surface area contributed by atoms with Gasteiger partial charge >= 0.3 is 0 Å². The van der Waals surface area contributed by atoms with Crippen LogP contribution in [0, 0.1) is 12.7 Å². The predicted octanol–water partition coefficient (Wildman–Crippen LogP) is 5.44. The number of nitrogens with zero attached hydrogens (tertiary/aromatic N) is 1. The van der Waals surface area contributed by atoms with E-state index in [2.05, 4.69) is 0 Å². The zero-order valence-electron chi connectivity index (χ0n) is 15.4. The molecule has 27 heavy (non-hydrogen) atoms. The standard InChI is InChI=1S/C21H25ClFNO2S/c1-16-5-12-20(13-6-16)27(25,26)24-19(4-2-3-15-22)11-14-21(24)17-7-9-18(23)10-8-17/h5-10,12-13,19,21H,2-4,11,14-15H2,1H3. The van der Waals surface area contributed by atoms with Gasteiger partial charge in [0, 0.05) is 11.9 Å². The van der Waals surface area contributed by atoms with Crippen LogP contribution in [0.2, 0.25) is 0 Å². The second-order valence-corrected chi connectivity index (χ2v) is 9.35. The topological polar surface area (TPSA) is 37.4 Å². The molecule has 3 rings (SSSR count). The van der Waals surface area contributed by atoms with E-state index in [4.69, 9.17) is 11.6 Å². The molecular formula is C21H25ClFNO2S. The molecule has 0 aliphatic carbocycles. The van der Waals surface area contributed by atoms with Crippen LogP contribution in [0.25, 0.3) is 0 Å². The lowest BCUT2D eigenvalue weighted by atomic mass is 10.0. The molecule has 0 radical (unpaired) electrons. The molecule has 1 heterocycles. The van der Waals surface area contributed by atoms with Crippen molar-refractivity contribution < 1.29 is 12.8 Å². The predicted molar refractivity (Wildman–Crippen MR) is 107 cm³/mol. The second-order valence-electron chi connectivity index (χ2n) is 7.13. The summed E-state index contributed by atoms with van der Waals surface area (Å²) in [5.74, 6) is 0.266. The van der Waals surface area contributed by atoms with Crippen molar-refractivity contribution in [2.75, 3.05) is 5.88 Å². The number of benzene rings is 2. The van der Waals surface area contributed by atoms with Gasteiger partial charge in [0.1, 0.15) is 5.82 Å². The minimum atomic E-state index is -3.64. The van der Waals surface area contributed by atoms with Gasteiger partial charge in [0.25, 0.3) is 0 Å². The van der Waals surface area contributed by atoms with E-state index in [1.165, 1.54) is 12.1 Å². The highest BCUT2D eigenvalue weighted by Crippen LogP contribution is 2.42. The van der Waals surface area contributed by atoms with E-state index in [-0.39, 0.29) is 17.9 Å². The molecule has 3 nitrogen and oxygen atoms in total. The van der Waals surface area contributed by atoms with E-state index < -0.39 is 10.0 Å². The smallest absolute Gasteiger partial charge is 0.207 e. The summed E-state index contributed by atoms with van der Waals surface area (Å²) in [5, 5.41) is 0. The van der Waals surface area contributed by atoms with Gasteiger partial charge < -0.3 is 0 Å². The number of sulfonamides is 1. The van der Waals surface area contributed by atoms with Crippen molar-refractivity contribution in [1.29, 1.82) is 0 Å². The van der Waals surface area contributed by atoms with Crippen LogP contribution in [0.3, 0.4) is 0 Å². The van der Waals surface area contributed by atoms with Crippen molar-refractivity contribution in [2.24, 2.45) is 0 Å². The lowest BCUT2D eigenvalue weighted by Crippen LogP contribution is -2.37. The van der Waals surface area contributed by atoms with E-state index in [1.807, 2.05) is 19.1 Å². The Morgan fingerprint density at radius 3 is 2.33 bits per heavy atom. The van der Waals surface area contributed by atoms with Crippen LogP contribution in [0.15, 0.2) is 53.4 Å². The van der Waals surface area contributed by atoms with Crippen molar-refractivity contribution in [1.82, 2.24) is 4.31 Å². The van der Waals surface area contributed by atoms with Gasteiger partial charge in [-0.1, -0.05) is 36.2 Å². The molecule has 1 aliphatic heterocycles. The van der Waals surface area contributed by atoms with Crippen molar-refractivity contribution in [3.63, 3.8) is 0 Å². The van der Waals surface area contributed by atoms with Gasteiger partial charge in [0.05, 0.1) is 10.9 Å². The molecule has 0 saturated carbocycles. The third-order valence-electron chi connectivity index (χ3n) is 5.21. The van der Waals surface area contributed by atoms with Gasteiger partial charge in [-0.2, -0.15) is 4.31 Å². The number of halogens is 2. The molecule has 2 aromatic carbocycles. The molecule has 2 aromatic rings. The average Bonchev–Trinajstić information content (AvgIpc) is 3.08. The average molecular weight is 410 g/mol. The third kappa shape index (κ3) is 4.53. The number of alkyl halides is 1. The zero-order valence-corrected chi connectivity index (χ0v) is 17.0. The Morgan fingerprint density at radius 1 is 1.04 bits per heavy atom. The monoisotopic (exact) mass is 409 g/mol. The van der Waals surface area contributed by atoms with Gasteiger partial charge in [-0.25, -0.2) is 12.8 Å². The first-order chi connectivity index (χ1) is 12.9. The highest BCUT2D eigenvalue weighted by molar-refractivity contribution is 7.89.